The van der Waals surface area contributed by atoms with Crippen LogP contribution in [-0.2, 0) is 12.8 Å². The van der Waals surface area contributed by atoms with E-state index < -0.39 is 0 Å². The largest absolute Gasteiger partial charge is 0.344 e. The van der Waals surface area contributed by atoms with Gasteiger partial charge in [-0.2, -0.15) is 0 Å². The maximum Gasteiger partial charge on any atom is 0.128 e. The molecule has 2 aromatic rings. The van der Waals surface area contributed by atoms with Gasteiger partial charge in [0.25, 0.3) is 0 Å². The number of fused-ring (bicyclic) bond motifs is 1. The third-order valence-electron chi connectivity index (χ3n) is 3.43. The van der Waals surface area contributed by atoms with E-state index in [9.17, 15) is 0 Å². The Bertz CT molecular complexity index is 478. The molecule has 0 fully saturated rings. The first kappa shape index (κ1) is 10.5. The Hall–Kier alpha value is -1.61. The van der Waals surface area contributed by atoms with Crippen LogP contribution >= 0.6 is 0 Å². The molecule has 1 aliphatic carbocycles. The number of rotatable bonds is 2. The minimum absolute atomic E-state index is 0.137. The summed E-state index contributed by atoms with van der Waals surface area (Å²) in [5.41, 5.74) is 9.85. The van der Waals surface area contributed by atoms with E-state index in [0.29, 0.717) is 0 Å². The van der Waals surface area contributed by atoms with Gasteiger partial charge in [-0.3, -0.25) is 0 Å². The van der Waals surface area contributed by atoms with E-state index >= 15 is 0 Å². The number of benzene rings is 1. The predicted molar refractivity (Wildman–Crippen MR) is 67.7 cm³/mol. The molecule has 3 heteroatoms. The molecule has 1 aliphatic rings. The van der Waals surface area contributed by atoms with Gasteiger partial charge in [-0.25, -0.2) is 4.98 Å². The quantitative estimate of drug-likeness (QED) is 0.827. The van der Waals surface area contributed by atoms with Crippen LogP contribution in [0.2, 0.25) is 0 Å². The maximum atomic E-state index is 6.23. The predicted octanol–water partition coefficient (Wildman–Crippen LogP) is 2.34. The average Bonchev–Trinajstić information content (AvgIpc) is 2.82. The number of aromatic nitrogens is 2. The molecule has 3 nitrogen and oxygen atoms in total. The van der Waals surface area contributed by atoms with E-state index in [1.165, 1.54) is 24.2 Å². The van der Waals surface area contributed by atoms with Crippen molar-refractivity contribution in [1.29, 1.82) is 0 Å². The first-order valence-electron chi connectivity index (χ1n) is 6.23. The summed E-state index contributed by atoms with van der Waals surface area (Å²) in [4.78, 5) is 8.04. The van der Waals surface area contributed by atoms with Gasteiger partial charge in [-0.15, -0.1) is 0 Å². The van der Waals surface area contributed by atoms with Crippen molar-refractivity contribution >= 4 is 0 Å². The van der Waals surface area contributed by atoms with Gasteiger partial charge in [0.1, 0.15) is 5.82 Å². The molecule has 3 rings (SSSR count). The lowest BCUT2D eigenvalue weighted by Crippen LogP contribution is -2.13. The molecule has 0 aliphatic heterocycles. The number of aryl methyl sites for hydroxylation is 2. The molecule has 0 radical (unpaired) electrons. The molecule has 1 aromatic heterocycles. The molecular weight excluding hydrogens is 210 g/mol. The fourth-order valence-corrected chi connectivity index (χ4v) is 2.44. The van der Waals surface area contributed by atoms with Crippen LogP contribution in [0.4, 0.5) is 0 Å². The molecule has 0 amide bonds. The summed E-state index contributed by atoms with van der Waals surface area (Å²) in [5, 5.41) is 0. The Kier molecular flexibility index (Phi) is 2.69. The van der Waals surface area contributed by atoms with Crippen molar-refractivity contribution in [3.05, 3.63) is 53.1 Å². The van der Waals surface area contributed by atoms with Crippen molar-refractivity contribution in [2.45, 2.75) is 31.7 Å². The van der Waals surface area contributed by atoms with Crippen LogP contribution in [0.3, 0.4) is 0 Å². The van der Waals surface area contributed by atoms with Gasteiger partial charge in [0.2, 0.25) is 0 Å². The van der Waals surface area contributed by atoms with Crippen LogP contribution in [-0.4, -0.2) is 9.97 Å². The van der Waals surface area contributed by atoms with E-state index in [2.05, 4.69) is 9.97 Å². The zero-order valence-electron chi connectivity index (χ0n) is 9.82. The molecule has 1 heterocycles. The Balaban J connectivity index is 1.91. The first-order valence-corrected chi connectivity index (χ1v) is 6.23. The lowest BCUT2D eigenvalue weighted by Gasteiger charge is -2.08. The Morgan fingerprint density at radius 1 is 1.12 bits per heavy atom. The van der Waals surface area contributed by atoms with E-state index in [1.54, 1.807) is 0 Å². The summed E-state index contributed by atoms with van der Waals surface area (Å²) >= 11 is 0. The fraction of sp³-hybridized carbons (Fsp3) is 0.357. The maximum absolute atomic E-state index is 6.23. The normalized spacial score (nSPS) is 16.5. The van der Waals surface area contributed by atoms with Gasteiger partial charge in [0, 0.05) is 5.69 Å². The zero-order valence-corrected chi connectivity index (χ0v) is 9.82. The molecule has 88 valence electrons. The van der Waals surface area contributed by atoms with E-state index in [1.807, 2.05) is 30.3 Å². The van der Waals surface area contributed by atoms with Gasteiger partial charge in [-0.05, 0) is 31.2 Å². The highest BCUT2D eigenvalue weighted by Gasteiger charge is 2.18. The first-order chi connectivity index (χ1) is 8.34. The van der Waals surface area contributed by atoms with E-state index in [0.717, 1.165) is 24.2 Å². The monoisotopic (exact) mass is 227 g/mol. The molecule has 0 unspecified atom stereocenters. The van der Waals surface area contributed by atoms with E-state index in [4.69, 9.17) is 5.73 Å². The molecular formula is C14H17N3. The number of nitrogens with one attached hydrogen (secondary N) is 1. The number of aromatic amines is 1. The molecule has 1 aromatic carbocycles. The highest BCUT2D eigenvalue weighted by molar-refractivity contribution is 5.27. The average molecular weight is 227 g/mol. The number of nitrogens with two attached hydrogens (primary N) is 1. The summed E-state index contributed by atoms with van der Waals surface area (Å²) in [7, 11) is 0. The highest BCUT2D eigenvalue weighted by Crippen LogP contribution is 2.23. The highest BCUT2D eigenvalue weighted by atomic mass is 15.0. The Labute approximate surface area is 101 Å². The smallest absolute Gasteiger partial charge is 0.128 e. The number of nitrogens with zero attached hydrogens (tertiary/aromatic N) is 1. The molecule has 0 bridgehead atoms. The molecule has 3 N–H and O–H groups in total. The molecule has 0 saturated carbocycles. The number of hydrogen-bond acceptors (Lipinski definition) is 2. The van der Waals surface area contributed by atoms with Gasteiger partial charge >= 0.3 is 0 Å². The second-order valence-electron chi connectivity index (χ2n) is 4.64. The molecule has 0 spiro atoms. The SMILES string of the molecule is N[C@@H](c1ccccc1)c1nc2c([nH]1)CCCC2. The summed E-state index contributed by atoms with van der Waals surface area (Å²) in [6, 6.07) is 9.99. The third-order valence-corrected chi connectivity index (χ3v) is 3.43. The van der Waals surface area contributed by atoms with Crippen LogP contribution in [0.5, 0.6) is 0 Å². The Morgan fingerprint density at radius 2 is 1.88 bits per heavy atom. The molecule has 0 saturated heterocycles. The van der Waals surface area contributed by atoms with Gasteiger partial charge < -0.3 is 10.7 Å². The van der Waals surface area contributed by atoms with Gasteiger partial charge in [0.15, 0.2) is 0 Å². The minimum Gasteiger partial charge on any atom is -0.344 e. The number of hydrogen-bond donors (Lipinski definition) is 2. The number of imidazole rings is 1. The lowest BCUT2D eigenvalue weighted by molar-refractivity contribution is 0.667. The van der Waals surface area contributed by atoms with Crippen LogP contribution in [0.25, 0.3) is 0 Å². The van der Waals surface area contributed by atoms with Gasteiger partial charge in [0.05, 0.1) is 11.7 Å². The molecule has 17 heavy (non-hydrogen) atoms. The second kappa shape index (κ2) is 4.34. The van der Waals surface area contributed by atoms with Crippen molar-refractivity contribution in [3.63, 3.8) is 0 Å². The standard InChI is InChI=1S/C14H17N3/c15-13(10-6-2-1-3-7-10)14-16-11-8-4-5-9-12(11)17-14/h1-3,6-7,13H,4-5,8-9,15H2,(H,16,17)/t13-/m0/s1. The van der Waals surface area contributed by atoms with Crippen molar-refractivity contribution < 1.29 is 0 Å². The van der Waals surface area contributed by atoms with Crippen LogP contribution in [0.1, 0.15) is 41.7 Å². The lowest BCUT2D eigenvalue weighted by atomic mass is 10.0. The zero-order chi connectivity index (χ0) is 11.7. The third kappa shape index (κ3) is 1.98. The second-order valence-corrected chi connectivity index (χ2v) is 4.64. The summed E-state index contributed by atoms with van der Waals surface area (Å²) in [6.07, 6.45) is 4.71. The summed E-state index contributed by atoms with van der Waals surface area (Å²) < 4.78 is 0. The Morgan fingerprint density at radius 3 is 2.65 bits per heavy atom. The van der Waals surface area contributed by atoms with Crippen LogP contribution in [0.15, 0.2) is 30.3 Å². The van der Waals surface area contributed by atoms with Crippen molar-refractivity contribution in [2.24, 2.45) is 5.73 Å². The summed E-state index contributed by atoms with van der Waals surface area (Å²) in [5.74, 6) is 0.906. The van der Waals surface area contributed by atoms with Crippen molar-refractivity contribution in [3.8, 4) is 0 Å². The number of H-pyrrole nitrogens is 1. The van der Waals surface area contributed by atoms with Gasteiger partial charge in [-0.1, -0.05) is 30.3 Å². The fourth-order valence-electron chi connectivity index (χ4n) is 2.44. The molecule has 1 atom stereocenters. The van der Waals surface area contributed by atoms with E-state index in [-0.39, 0.29) is 6.04 Å². The summed E-state index contributed by atoms with van der Waals surface area (Å²) in [6.45, 7) is 0. The van der Waals surface area contributed by atoms with Crippen molar-refractivity contribution in [2.75, 3.05) is 0 Å². The topological polar surface area (TPSA) is 54.7 Å². The minimum atomic E-state index is -0.137. The van der Waals surface area contributed by atoms with Crippen LogP contribution < -0.4 is 5.73 Å². The van der Waals surface area contributed by atoms with Crippen molar-refractivity contribution in [1.82, 2.24) is 9.97 Å². The van der Waals surface area contributed by atoms with Crippen LogP contribution in [0, 0.1) is 0 Å².